The van der Waals surface area contributed by atoms with Crippen molar-refractivity contribution in [2.24, 2.45) is 0 Å². The van der Waals surface area contributed by atoms with E-state index in [-0.39, 0.29) is 11.6 Å². The fraction of sp³-hybridized carbons (Fsp3) is 0.158. The third-order valence-corrected chi connectivity index (χ3v) is 5.17. The first-order valence-electron chi connectivity index (χ1n) is 8.64. The lowest BCUT2D eigenvalue weighted by Gasteiger charge is -2.17. The van der Waals surface area contributed by atoms with Crippen LogP contribution in [0.1, 0.15) is 23.3 Å². The van der Waals surface area contributed by atoms with E-state index in [2.05, 4.69) is 36.6 Å². The molecule has 0 atom stereocenters. The summed E-state index contributed by atoms with van der Waals surface area (Å²) >= 11 is 9.44. The number of anilines is 1. The van der Waals surface area contributed by atoms with Gasteiger partial charge < -0.3 is 10.6 Å². The minimum Gasteiger partial charge on any atom is -0.336 e. The van der Waals surface area contributed by atoms with Crippen LogP contribution in [0, 0.1) is 5.82 Å². The highest BCUT2D eigenvalue weighted by atomic mass is 79.9. The lowest BCUT2D eigenvalue weighted by Crippen LogP contribution is -2.46. The molecule has 0 saturated heterocycles. The number of pyridine rings is 1. The first-order chi connectivity index (χ1) is 13.9. The Morgan fingerprint density at radius 3 is 2.59 bits per heavy atom. The molecule has 2 heterocycles. The van der Waals surface area contributed by atoms with Crippen molar-refractivity contribution < 1.29 is 14.0 Å². The average Bonchev–Trinajstić information content (AvgIpc) is 3.37. The van der Waals surface area contributed by atoms with E-state index in [9.17, 15) is 14.0 Å². The van der Waals surface area contributed by atoms with E-state index in [1.165, 1.54) is 41.2 Å². The fourth-order valence-electron chi connectivity index (χ4n) is 2.81. The van der Waals surface area contributed by atoms with E-state index < -0.39 is 17.3 Å². The lowest BCUT2D eigenvalue weighted by molar-refractivity contribution is -0.118. The molecule has 4 rings (SSSR count). The maximum atomic E-state index is 13.0. The van der Waals surface area contributed by atoms with E-state index in [1.54, 1.807) is 12.1 Å². The molecule has 0 unspecified atom stereocenters. The van der Waals surface area contributed by atoms with Crippen LogP contribution < -0.4 is 10.6 Å². The van der Waals surface area contributed by atoms with E-state index in [0.717, 1.165) is 0 Å². The van der Waals surface area contributed by atoms with Crippen LogP contribution in [0.2, 0.25) is 5.02 Å². The Hall–Kier alpha value is -2.78. The van der Waals surface area contributed by atoms with E-state index in [0.29, 0.717) is 34.0 Å². The molecule has 2 aromatic heterocycles. The van der Waals surface area contributed by atoms with Crippen LogP contribution in [-0.2, 0) is 4.79 Å². The summed E-state index contributed by atoms with van der Waals surface area (Å²) in [5.41, 5.74) is -0.399. The molecular formula is C19H14BrClFN5O2. The molecule has 0 spiro atoms. The first kappa shape index (κ1) is 19.5. The van der Waals surface area contributed by atoms with Gasteiger partial charge in [0.1, 0.15) is 21.7 Å². The summed E-state index contributed by atoms with van der Waals surface area (Å²) in [6, 6.07) is 10.2. The molecule has 1 aromatic carbocycles. The number of rotatable bonds is 5. The number of amides is 2. The van der Waals surface area contributed by atoms with E-state index >= 15 is 0 Å². The van der Waals surface area contributed by atoms with Crippen molar-refractivity contribution in [2.45, 2.75) is 18.4 Å². The summed E-state index contributed by atoms with van der Waals surface area (Å²) in [4.78, 5) is 29.8. The predicted octanol–water partition coefficient (Wildman–Crippen LogP) is 3.72. The molecule has 2 amide bonds. The lowest BCUT2D eigenvalue weighted by atomic mass is 10.2. The van der Waals surface area contributed by atoms with Crippen molar-refractivity contribution in [2.75, 3.05) is 5.32 Å². The zero-order valence-corrected chi connectivity index (χ0v) is 17.2. The molecule has 148 valence electrons. The van der Waals surface area contributed by atoms with Gasteiger partial charge in [-0.05, 0) is 65.2 Å². The van der Waals surface area contributed by atoms with Gasteiger partial charge in [0.05, 0.1) is 5.02 Å². The van der Waals surface area contributed by atoms with Gasteiger partial charge in [0, 0.05) is 18.0 Å². The van der Waals surface area contributed by atoms with Crippen molar-refractivity contribution in [3.63, 3.8) is 0 Å². The molecule has 0 aliphatic heterocycles. The maximum absolute atomic E-state index is 13.0. The first-order valence-corrected chi connectivity index (χ1v) is 9.81. The van der Waals surface area contributed by atoms with Gasteiger partial charge in [-0.25, -0.2) is 14.1 Å². The Balaban J connectivity index is 1.55. The summed E-state index contributed by atoms with van der Waals surface area (Å²) in [7, 11) is 0. The van der Waals surface area contributed by atoms with E-state index in [4.69, 9.17) is 11.6 Å². The Labute approximate surface area is 178 Å². The standard InChI is InChI=1S/C19H14BrClFN5O2/c20-15-10-14(27(26-15)16-13(21)2-1-9-23-16)17(28)25-19(7-8-19)18(29)24-12-5-3-11(22)4-6-12/h1-6,9-10H,7-8H2,(H,24,29)(H,25,28). The van der Waals surface area contributed by atoms with Gasteiger partial charge in [0.15, 0.2) is 5.82 Å². The molecule has 1 fully saturated rings. The van der Waals surface area contributed by atoms with Gasteiger partial charge in [0.2, 0.25) is 5.91 Å². The molecule has 2 N–H and O–H groups in total. The van der Waals surface area contributed by atoms with Gasteiger partial charge in [-0.3, -0.25) is 9.59 Å². The van der Waals surface area contributed by atoms with Crippen LogP contribution in [0.15, 0.2) is 53.3 Å². The van der Waals surface area contributed by atoms with E-state index in [1.807, 2.05) is 0 Å². The van der Waals surface area contributed by atoms with Crippen molar-refractivity contribution in [1.82, 2.24) is 20.1 Å². The zero-order valence-electron chi connectivity index (χ0n) is 14.8. The third kappa shape index (κ3) is 4.01. The summed E-state index contributed by atoms with van der Waals surface area (Å²) in [6.07, 6.45) is 2.52. The Bertz CT molecular complexity index is 1100. The van der Waals surface area contributed by atoms with Crippen LogP contribution in [0.25, 0.3) is 5.82 Å². The van der Waals surface area contributed by atoms with Gasteiger partial charge in [-0.1, -0.05) is 11.6 Å². The maximum Gasteiger partial charge on any atom is 0.270 e. The van der Waals surface area contributed by atoms with Gasteiger partial charge in [-0.15, -0.1) is 0 Å². The number of nitrogens with zero attached hydrogens (tertiary/aromatic N) is 3. The second-order valence-electron chi connectivity index (χ2n) is 6.57. The third-order valence-electron chi connectivity index (χ3n) is 4.49. The normalized spacial score (nSPS) is 14.3. The molecule has 1 aliphatic carbocycles. The van der Waals surface area contributed by atoms with Crippen molar-refractivity contribution in [1.29, 1.82) is 0 Å². The molecule has 3 aromatic rings. The number of halogens is 3. The quantitative estimate of drug-likeness (QED) is 0.585. The van der Waals surface area contributed by atoms with Crippen molar-refractivity contribution in [3.8, 4) is 5.82 Å². The number of hydrogen-bond acceptors (Lipinski definition) is 4. The predicted molar refractivity (Wildman–Crippen MR) is 109 cm³/mol. The molecule has 29 heavy (non-hydrogen) atoms. The highest BCUT2D eigenvalue weighted by Crippen LogP contribution is 2.37. The molecule has 7 nitrogen and oxygen atoms in total. The Kier molecular flexibility index (Phi) is 5.10. The van der Waals surface area contributed by atoms with Crippen LogP contribution in [0.5, 0.6) is 0 Å². The Morgan fingerprint density at radius 1 is 1.21 bits per heavy atom. The highest BCUT2D eigenvalue weighted by Gasteiger charge is 2.51. The van der Waals surface area contributed by atoms with Crippen molar-refractivity contribution >= 4 is 45.0 Å². The van der Waals surface area contributed by atoms with Crippen LogP contribution >= 0.6 is 27.5 Å². The monoisotopic (exact) mass is 477 g/mol. The number of aromatic nitrogens is 3. The summed E-state index contributed by atoms with van der Waals surface area (Å²) in [5.74, 6) is -0.954. The van der Waals surface area contributed by atoms with Gasteiger partial charge >= 0.3 is 0 Å². The van der Waals surface area contributed by atoms with Crippen LogP contribution in [-0.4, -0.2) is 32.1 Å². The fourth-order valence-corrected chi connectivity index (χ4v) is 3.38. The van der Waals surface area contributed by atoms with Crippen LogP contribution in [0.4, 0.5) is 10.1 Å². The summed E-state index contributed by atoms with van der Waals surface area (Å²) in [6.45, 7) is 0. The van der Waals surface area contributed by atoms with Crippen molar-refractivity contribution in [3.05, 3.63) is 69.8 Å². The average molecular weight is 479 g/mol. The SMILES string of the molecule is O=C(NC1(C(=O)Nc2ccc(F)cc2)CC1)c1cc(Br)nn1-c1ncccc1Cl. The van der Waals surface area contributed by atoms with Gasteiger partial charge in [0.25, 0.3) is 5.91 Å². The summed E-state index contributed by atoms with van der Waals surface area (Å²) < 4.78 is 14.8. The topological polar surface area (TPSA) is 88.9 Å². The molecular weight excluding hydrogens is 465 g/mol. The molecule has 10 heteroatoms. The second kappa shape index (κ2) is 7.57. The number of nitrogens with one attached hydrogen (secondary N) is 2. The molecule has 0 radical (unpaired) electrons. The second-order valence-corrected chi connectivity index (χ2v) is 7.79. The zero-order chi connectivity index (χ0) is 20.6. The Morgan fingerprint density at radius 2 is 1.93 bits per heavy atom. The number of carbonyl (C=O) groups excluding carboxylic acids is 2. The number of carbonyl (C=O) groups is 2. The smallest absolute Gasteiger partial charge is 0.270 e. The minimum absolute atomic E-state index is 0.179. The molecule has 1 saturated carbocycles. The largest absolute Gasteiger partial charge is 0.336 e. The molecule has 1 aliphatic rings. The van der Waals surface area contributed by atoms with Gasteiger partial charge in [-0.2, -0.15) is 5.10 Å². The number of benzene rings is 1. The molecule has 0 bridgehead atoms. The highest BCUT2D eigenvalue weighted by molar-refractivity contribution is 9.10. The summed E-state index contributed by atoms with van der Waals surface area (Å²) in [5, 5.41) is 10.0. The number of hydrogen-bond donors (Lipinski definition) is 2. The van der Waals surface area contributed by atoms with Crippen LogP contribution in [0.3, 0.4) is 0 Å². The minimum atomic E-state index is -1.03.